The smallest absolute Gasteiger partial charge is 0.224 e. The number of carbonyl (C=O) groups excluding carboxylic acids is 1. The van der Waals surface area contributed by atoms with Crippen LogP contribution in [-0.2, 0) is 11.3 Å². The SMILES string of the molecule is CN=C(NCCC(=O)N1CCN(c2ccccc2)CC1)N1CCN(Cc2ccon2)CC1.I. The molecule has 0 atom stereocenters. The summed E-state index contributed by atoms with van der Waals surface area (Å²) in [6.07, 6.45) is 2.10. The van der Waals surface area contributed by atoms with Gasteiger partial charge in [0.1, 0.15) is 6.26 Å². The van der Waals surface area contributed by atoms with Crippen LogP contribution in [0.4, 0.5) is 5.69 Å². The van der Waals surface area contributed by atoms with Gasteiger partial charge in [-0.25, -0.2) is 0 Å². The molecular weight excluding hydrogens is 533 g/mol. The highest BCUT2D eigenvalue weighted by Gasteiger charge is 2.22. The quantitative estimate of drug-likeness (QED) is 0.324. The molecule has 1 N–H and O–H groups in total. The number of para-hydroxylation sites is 1. The summed E-state index contributed by atoms with van der Waals surface area (Å²) >= 11 is 0. The van der Waals surface area contributed by atoms with Gasteiger partial charge >= 0.3 is 0 Å². The van der Waals surface area contributed by atoms with Crippen molar-refractivity contribution in [3.63, 3.8) is 0 Å². The standard InChI is InChI=1S/C23H33N7O2.HI/c1-24-23(30-12-10-27(11-13-30)19-20-8-18-32-26-20)25-9-7-22(31)29-16-14-28(15-17-29)21-5-3-2-4-6-21;/h2-6,8,18H,7,9-17,19H2,1H3,(H,24,25);1H. The first kappa shape index (κ1) is 25.3. The Bertz CT molecular complexity index is 862. The highest BCUT2D eigenvalue weighted by atomic mass is 127. The van der Waals surface area contributed by atoms with Crippen molar-refractivity contribution in [1.82, 2.24) is 25.2 Å². The fourth-order valence-electron chi connectivity index (χ4n) is 4.29. The number of guanidine groups is 1. The second-order valence-electron chi connectivity index (χ2n) is 8.18. The maximum absolute atomic E-state index is 12.7. The van der Waals surface area contributed by atoms with E-state index in [0.717, 1.165) is 70.6 Å². The van der Waals surface area contributed by atoms with E-state index >= 15 is 0 Å². The minimum absolute atomic E-state index is 0. The monoisotopic (exact) mass is 567 g/mol. The van der Waals surface area contributed by atoms with Gasteiger partial charge < -0.3 is 24.5 Å². The molecule has 180 valence electrons. The van der Waals surface area contributed by atoms with E-state index in [0.29, 0.717) is 13.0 Å². The van der Waals surface area contributed by atoms with E-state index in [4.69, 9.17) is 4.52 Å². The van der Waals surface area contributed by atoms with Gasteiger partial charge in [-0.15, -0.1) is 24.0 Å². The lowest BCUT2D eigenvalue weighted by Crippen LogP contribution is -2.53. The van der Waals surface area contributed by atoms with E-state index in [9.17, 15) is 4.79 Å². The number of carbonyl (C=O) groups is 1. The lowest BCUT2D eigenvalue weighted by atomic mass is 10.2. The molecule has 1 aromatic heterocycles. The minimum atomic E-state index is 0. The van der Waals surface area contributed by atoms with Crippen LogP contribution < -0.4 is 10.2 Å². The highest BCUT2D eigenvalue weighted by Crippen LogP contribution is 2.16. The summed E-state index contributed by atoms with van der Waals surface area (Å²) in [6, 6.07) is 12.3. The maximum atomic E-state index is 12.7. The first-order valence-corrected chi connectivity index (χ1v) is 11.4. The van der Waals surface area contributed by atoms with E-state index < -0.39 is 0 Å². The molecule has 1 amide bonds. The molecule has 1 aromatic carbocycles. The number of hydrogen-bond donors (Lipinski definition) is 1. The fraction of sp³-hybridized carbons (Fsp3) is 0.522. The second kappa shape index (κ2) is 12.8. The predicted octanol–water partition coefficient (Wildman–Crippen LogP) is 1.72. The zero-order chi connectivity index (χ0) is 22.2. The zero-order valence-corrected chi connectivity index (χ0v) is 21.6. The maximum Gasteiger partial charge on any atom is 0.224 e. The van der Waals surface area contributed by atoms with Crippen molar-refractivity contribution in [2.45, 2.75) is 13.0 Å². The number of benzene rings is 1. The van der Waals surface area contributed by atoms with Gasteiger partial charge in [0.05, 0.1) is 5.69 Å². The number of hydrogen-bond acceptors (Lipinski definition) is 6. The summed E-state index contributed by atoms with van der Waals surface area (Å²) in [4.78, 5) is 26.0. The van der Waals surface area contributed by atoms with Crippen molar-refractivity contribution in [2.75, 3.05) is 70.9 Å². The summed E-state index contributed by atoms with van der Waals surface area (Å²) in [6.45, 7) is 8.39. The van der Waals surface area contributed by atoms with Crippen molar-refractivity contribution in [3.05, 3.63) is 48.4 Å². The molecule has 2 saturated heterocycles. The number of halogens is 1. The zero-order valence-electron chi connectivity index (χ0n) is 19.2. The number of nitrogens with one attached hydrogen (secondary N) is 1. The topological polar surface area (TPSA) is 80.5 Å². The van der Waals surface area contributed by atoms with Crippen molar-refractivity contribution < 1.29 is 9.32 Å². The first-order chi connectivity index (χ1) is 15.7. The number of aliphatic imine (C=N–C) groups is 1. The Kier molecular flexibility index (Phi) is 9.79. The first-order valence-electron chi connectivity index (χ1n) is 11.4. The molecule has 3 heterocycles. The molecule has 0 unspecified atom stereocenters. The van der Waals surface area contributed by atoms with Crippen LogP contribution in [0.1, 0.15) is 12.1 Å². The number of amides is 1. The van der Waals surface area contributed by atoms with Gasteiger partial charge in [-0.3, -0.25) is 14.7 Å². The third-order valence-electron chi connectivity index (χ3n) is 6.14. The summed E-state index contributed by atoms with van der Waals surface area (Å²) in [5, 5.41) is 7.37. The molecule has 9 nitrogen and oxygen atoms in total. The Labute approximate surface area is 212 Å². The number of piperazine rings is 2. The van der Waals surface area contributed by atoms with Crippen LogP contribution in [0, 0.1) is 0 Å². The largest absolute Gasteiger partial charge is 0.368 e. The van der Waals surface area contributed by atoms with Crippen LogP contribution in [0.2, 0.25) is 0 Å². The third kappa shape index (κ3) is 7.07. The van der Waals surface area contributed by atoms with Crippen LogP contribution in [-0.4, -0.2) is 97.7 Å². The van der Waals surface area contributed by atoms with Gasteiger partial charge in [0.15, 0.2) is 5.96 Å². The van der Waals surface area contributed by atoms with E-state index in [1.165, 1.54) is 5.69 Å². The normalized spacial score (nSPS) is 17.6. The van der Waals surface area contributed by atoms with Crippen LogP contribution in [0.5, 0.6) is 0 Å². The minimum Gasteiger partial charge on any atom is -0.368 e. The number of nitrogens with zero attached hydrogens (tertiary/aromatic N) is 6. The van der Waals surface area contributed by atoms with Gasteiger partial charge in [0, 0.05) is 90.7 Å². The molecule has 2 fully saturated rings. The number of rotatable bonds is 6. The Morgan fingerprint density at radius 2 is 1.70 bits per heavy atom. The van der Waals surface area contributed by atoms with Crippen LogP contribution in [0.15, 0.2) is 52.2 Å². The molecule has 0 aliphatic carbocycles. The van der Waals surface area contributed by atoms with Crippen molar-refractivity contribution in [3.8, 4) is 0 Å². The van der Waals surface area contributed by atoms with E-state index in [-0.39, 0.29) is 29.9 Å². The van der Waals surface area contributed by atoms with Gasteiger partial charge in [0.2, 0.25) is 5.91 Å². The molecule has 0 bridgehead atoms. The fourth-order valence-corrected chi connectivity index (χ4v) is 4.29. The van der Waals surface area contributed by atoms with Gasteiger partial charge in [-0.2, -0.15) is 0 Å². The molecular formula is C23H34IN7O2. The molecule has 2 aliphatic rings. The Balaban J connectivity index is 0.00000306. The molecule has 0 saturated carbocycles. The molecule has 0 spiro atoms. The number of anilines is 1. The van der Waals surface area contributed by atoms with Gasteiger partial charge in [-0.05, 0) is 12.1 Å². The molecule has 33 heavy (non-hydrogen) atoms. The summed E-state index contributed by atoms with van der Waals surface area (Å²) in [7, 11) is 1.80. The van der Waals surface area contributed by atoms with Crippen LogP contribution >= 0.6 is 24.0 Å². The van der Waals surface area contributed by atoms with Crippen LogP contribution in [0.3, 0.4) is 0 Å². The molecule has 2 aliphatic heterocycles. The molecule has 2 aromatic rings. The summed E-state index contributed by atoms with van der Waals surface area (Å²) in [5.41, 5.74) is 2.19. The van der Waals surface area contributed by atoms with Crippen molar-refractivity contribution >= 4 is 41.5 Å². The lowest BCUT2D eigenvalue weighted by molar-refractivity contribution is -0.131. The molecule has 4 rings (SSSR count). The number of aromatic nitrogens is 1. The summed E-state index contributed by atoms with van der Waals surface area (Å²) < 4.78 is 4.92. The summed E-state index contributed by atoms with van der Waals surface area (Å²) in [5.74, 6) is 1.07. The predicted molar refractivity (Wildman–Crippen MR) is 140 cm³/mol. The van der Waals surface area contributed by atoms with Crippen molar-refractivity contribution in [1.29, 1.82) is 0 Å². The third-order valence-corrected chi connectivity index (χ3v) is 6.14. The average molecular weight is 567 g/mol. The molecule has 10 heteroatoms. The van der Waals surface area contributed by atoms with E-state index in [2.05, 4.69) is 54.4 Å². The average Bonchev–Trinajstić information content (AvgIpc) is 3.36. The van der Waals surface area contributed by atoms with Crippen LogP contribution in [0.25, 0.3) is 0 Å². The van der Waals surface area contributed by atoms with E-state index in [1.54, 1.807) is 13.3 Å². The highest BCUT2D eigenvalue weighted by molar-refractivity contribution is 14.0. The Morgan fingerprint density at radius 3 is 2.33 bits per heavy atom. The Hall–Kier alpha value is -2.34. The van der Waals surface area contributed by atoms with Crippen molar-refractivity contribution in [2.24, 2.45) is 4.99 Å². The molecule has 0 radical (unpaired) electrons. The second-order valence-corrected chi connectivity index (χ2v) is 8.18. The van der Waals surface area contributed by atoms with Gasteiger partial charge in [-0.1, -0.05) is 23.4 Å². The van der Waals surface area contributed by atoms with Gasteiger partial charge in [0.25, 0.3) is 0 Å². The van der Waals surface area contributed by atoms with E-state index in [1.807, 2.05) is 17.0 Å². The Morgan fingerprint density at radius 1 is 1.00 bits per heavy atom. The lowest BCUT2D eigenvalue weighted by Gasteiger charge is -2.37.